The molecule has 0 bridgehead atoms. The Morgan fingerprint density at radius 2 is 2.30 bits per heavy atom. The maximum absolute atomic E-state index is 14.2. The van der Waals surface area contributed by atoms with Crippen molar-refractivity contribution in [3.63, 3.8) is 0 Å². The van der Waals surface area contributed by atoms with Crippen LogP contribution in [0.2, 0.25) is 0 Å². The molecule has 0 spiro atoms. The predicted octanol–water partition coefficient (Wildman–Crippen LogP) is 2.28. The van der Waals surface area contributed by atoms with E-state index in [9.17, 15) is 9.18 Å². The molecule has 1 aliphatic heterocycles. The summed E-state index contributed by atoms with van der Waals surface area (Å²) in [6.45, 7) is 1.90. The van der Waals surface area contributed by atoms with E-state index in [1.807, 2.05) is 0 Å². The number of ether oxygens (including phenoxy) is 1. The molecule has 1 saturated heterocycles. The van der Waals surface area contributed by atoms with E-state index >= 15 is 0 Å². The van der Waals surface area contributed by atoms with Crippen LogP contribution in [0.3, 0.4) is 0 Å². The fourth-order valence-electron chi connectivity index (χ4n) is 3.29. The zero-order valence-corrected chi connectivity index (χ0v) is 11.2. The molecule has 2 fully saturated rings. The third-order valence-electron chi connectivity index (χ3n) is 4.28. The molecule has 0 amide bonds. The number of carbonyl (C=O) groups is 1. The lowest BCUT2D eigenvalue weighted by Gasteiger charge is -2.37. The topological polar surface area (TPSA) is 49.8 Å². The van der Waals surface area contributed by atoms with E-state index < -0.39 is 11.8 Å². The lowest BCUT2D eigenvalue weighted by Crippen LogP contribution is -2.48. The fraction of sp³-hybridized carbons (Fsp3) is 0.533. The lowest BCUT2D eigenvalue weighted by molar-refractivity contribution is -0.0591. The number of hydrogen-bond acceptors (Lipinski definition) is 3. The summed E-state index contributed by atoms with van der Waals surface area (Å²) >= 11 is 0. The summed E-state index contributed by atoms with van der Waals surface area (Å²) in [4.78, 5) is 13.2. The first-order valence-electron chi connectivity index (χ1n) is 7.03. The Balaban J connectivity index is 1.80. The fourth-order valence-corrected chi connectivity index (χ4v) is 3.29. The van der Waals surface area contributed by atoms with Gasteiger partial charge < -0.3 is 9.84 Å². The van der Waals surface area contributed by atoms with Crippen LogP contribution >= 0.6 is 0 Å². The van der Waals surface area contributed by atoms with Gasteiger partial charge >= 0.3 is 5.97 Å². The first-order valence-corrected chi connectivity index (χ1v) is 7.03. The van der Waals surface area contributed by atoms with E-state index in [1.54, 1.807) is 12.1 Å². The highest BCUT2D eigenvalue weighted by atomic mass is 19.1. The molecule has 1 aliphatic carbocycles. The molecule has 5 heteroatoms. The molecule has 4 nitrogen and oxygen atoms in total. The summed E-state index contributed by atoms with van der Waals surface area (Å²) in [5.74, 6) is -1.83. The number of carboxylic acids is 1. The number of fused-ring (bicyclic) bond motifs is 1. The summed E-state index contributed by atoms with van der Waals surface area (Å²) in [6, 6.07) is 4.92. The van der Waals surface area contributed by atoms with E-state index in [2.05, 4.69) is 4.90 Å². The quantitative estimate of drug-likeness (QED) is 0.922. The molecule has 1 aromatic carbocycles. The molecule has 20 heavy (non-hydrogen) atoms. The monoisotopic (exact) mass is 279 g/mol. The van der Waals surface area contributed by atoms with Crippen LogP contribution in [0.5, 0.6) is 0 Å². The number of aromatic carboxylic acids is 1. The van der Waals surface area contributed by atoms with Crippen LogP contribution in [0, 0.1) is 5.82 Å². The number of hydrogen-bond donors (Lipinski definition) is 1. The molecule has 2 unspecified atom stereocenters. The van der Waals surface area contributed by atoms with Crippen molar-refractivity contribution in [1.82, 2.24) is 4.90 Å². The highest BCUT2D eigenvalue weighted by molar-refractivity contribution is 5.88. The summed E-state index contributed by atoms with van der Waals surface area (Å²) in [5.41, 5.74) is 0.205. The Morgan fingerprint density at radius 1 is 1.45 bits per heavy atom. The van der Waals surface area contributed by atoms with E-state index in [1.165, 1.54) is 6.07 Å². The van der Waals surface area contributed by atoms with Gasteiger partial charge in [0.1, 0.15) is 5.82 Å². The van der Waals surface area contributed by atoms with Crippen LogP contribution in [0.1, 0.15) is 35.2 Å². The SMILES string of the molecule is O=C(O)c1cccc(CN2CCOC3CCCC32)c1F. The summed E-state index contributed by atoms with van der Waals surface area (Å²) in [5, 5.41) is 8.97. The molecular formula is C15H18FNO3. The van der Waals surface area contributed by atoms with Gasteiger partial charge in [-0.3, -0.25) is 4.90 Å². The molecule has 1 N–H and O–H groups in total. The first-order chi connectivity index (χ1) is 9.66. The van der Waals surface area contributed by atoms with Crippen LogP contribution in [-0.4, -0.2) is 41.3 Å². The summed E-state index contributed by atoms with van der Waals surface area (Å²) in [6.07, 6.45) is 3.54. The molecular weight excluding hydrogens is 261 g/mol. The minimum Gasteiger partial charge on any atom is -0.478 e. The molecule has 1 saturated carbocycles. The van der Waals surface area contributed by atoms with Gasteiger partial charge in [-0.15, -0.1) is 0 Å². The summed E-state index contributed by atoms with van der Waals surface area (Å²) in [7, 11) is 0. The Morgan fingerprint density at radius 3 is 3.10 bits per heavy atom. The van der Waals surface area contributed by atoms with Crippen LogP contribution in [0.25, 0.3) is 0 Å². The number of carboxylic acid groups (broad SMARTS) is 1. The number of halogens is 1. The second kappa shape index (κ2) is 5.50. The number of nitrogens with zero attached hydrogens (tertiary/aromatic N) is 1. The van der Waals surface area contributed by atoms with Crippen LogP contribution in [0.15, 0.2) is 18.2 Å². The van der Waals surface area contributed by atoms with Gasteiger partial charge in [-0.1, -0.05) is 12.1 Å². The molecule has 0 aromatic heterocycles. The minimum atomic E-state index is -1.22. The van der Waals surface area contributed by atoms with Gasteiger partial charge in [-0.25, -0.2) is 9.18 Å². The molecule has 2 aliphatic rings. The second-order valence-electron chi connectivity index (χ2n) is 5.46. The van der Waals surface area contributed by atoms with Crippen molar-refractivity contribution >= 4 is 5.97 Å². The Labute approximate surface area is 117 Å². The summed E-state index contributed by atoms with van der Waals surface area (Å²) < 4.78 is 19.9. The average molecular weight is 279 g/mol. The van der Waals surface area contributed by atoms with E-state index in [0.717, 1.165) is 25.8 Å². The smallest absolute Gasteiger partial charge is 0.338 e. The highest BCUT2D eigenvalue weighted by Gasteiger charge is 2.36. The zero-order chi connectivity index (χ0) is 14.1. The second-order valence-corrected chi connectivity index (χ2v) is 5.46. The van der Waals surface area contributed by atoms with Gasteiger partial charge in [0, 0.05) is 24.7 Å². The first kappa shape index (κ1) is 13.5. The van der Waals surface area contributed by atoms with Gasteiger partial charge in [-0.05, 0) is 25.3 Å². The maximum Gasteiger partial charge on any atom is 0.338 e. The number of morpholine rings is 1. The number of benzene rings is 1. The van der Waals surface area contributed by atoms with E-state index in [4.69, 9.17) is 9.84 Å². The van der Waals surface area contributed by atoms with Crippen molar-refractivity contribution in [1.29, 1.82) is 0 Å². The van der Waals surface area contributed by atoms with Gasteiger partial charge in [0.25, 0.3) is 0 Å². The predicted molar refractivity (Wildman–Crippen MR) is 71.1 cm³/mol. The van der Waals surface area contributed by atoms with Gasteiger partial charge in [0.2, 0.25) is 0 Å². The Kier molecular flexibility index (Phi) is 3.72. The third kappa shape index (κ3) is 2.43. The van der Waals surface area contributed by atoms with Crippen molar-refractivity contribution in [2.24, 2.45) is 0 Å². The molecule has 0 radical (unpaired) electrons. The van der Waals surface area contributed by atoms with Crippen molar-refractivity contribution in [2.75, 3.05) is 13.2 Å². The van der Waals surface area contributed by atoms with E-state index in [-0.39, 0.29) is 11.7 Å². The lowest BCUT2D eigenvalue weighted by atomic mass is 10.1. The van der Waals surface area contributed by atoms with E-state index in [0.29, 0.717) is 24.8 Å². The van der Waals surface area contributed by atoms with Crippen LogP contribution < -0.4 is 0 Å². The average Bonchev–Trinajstić information content (AvgIpc) is 2.90. The highest BCUT2D eigenvalue weighted by Crippen LogP contribution is 2.31. The third-order valence-corrected chi connectivity index (χ3v) is 4.28. The van der Waals surface area contributed by atoms with Crippen molar-refractivity contribution < 1.29 is 19.0 Å². The van der Waals surface area contributed by atoms with Gasteiger partial charge in [-0.2, -0.15) is 0 Å². The molecule has 1 aromatic rings. The normalized spacial score (nSPS) is 26.4. The standard InChI is InChI=1S/C15H18FNO3/c16-14-10(3-1-4-11(14)15(18)19)9-17-7-8-20-13-6-2-5-12(13)17/h1,3-4,12-13H,2,5-9H2,(H,18,19). The minimum absolute atomic E-state index is 0.251. The zero-order valence-electron chi connectivity index (χ0n) is 11.2. The van der Waals surface area contributed by atoms with Crippen molar-refractivity contribution in [2.45, 2.75) is 38.0 Å². The van der Waals surface area contributed by atoms with Crippen molar-refractivity contribution in [3.8, 4) is 0 Å². The van der Waals surface area contributed by atoms with Crippen LogP contribution in [0.4, 0.5) is 4.39 Å². The maximum atomic E-state index is 14.2. The Hall–Kier alpha value is -1.46. The largest absolute Gasteiger partial charge is 0.478 e. The van der Waals surface area contributed by atoms with Gasteiger partial charge in [0.15, 0.2) is 0 Å². The molecule has 2 atom stereocenters. The molecule has 108 valence electrons. The van der Waals surface area contributed by atoms with Gasteiger partial charge in [0.05, 0.1) is 18.3 Å². The molecule has 3 rings (SSSR count). The van der Waals surface area contributed by atoms with Crippen molar-refractivity contribution in [3.05, 3.63) is 35.1 Å². The van der Waals surface area contributed by atoms with Crippen LogP contribution in [-0.2, 0) is 11.3 Å². The Bertz CT molecular complexity index is 520. The number of rotatable bonds is 3. The molecule has 1 heterocycles.